The molecule has 0 radical (unpaired) electrons. The maximum atomic E-state index is 13.0. The van der Waals surface area contributed by atoms with Gasteiger partial charge in [-0.05, 0) is 64.1 Å². The average molecular weight is 521 g/mol. The average Bonchev–Trinajstić information content (AvgIpc) is 2.62. The Bertz CT molecular complexity index is 1040. The molecule has 2 aromatic carbocycles. The molecule has 2 aromatic rings. The number of halogens is 4. The van der Waals surface area contributed by atoms with Gasteiger partial charge in [0, 0.05) is 0 Å². The Hall–Kier alpha value is -1.64. The van der Waals surface area contributed by atoms with Crippen molar-refractivity contribution in [1.29, 1.82) is 0 Å². The van der Waals surface area contributed by atoms with E-state index in [0.29, 0.717) is 20.8 Å². The van der Waals surface area contributed by atoms with Crippen LogP contribution in [-0.2, 0) is 9.59 Å². The smallest absolute Gasteiger partial charge is 0.270 e. The number of nitrogens with zero attached hydrogens (tertiary/aromatic N) is 1. The van der Waals surface area contributed by atoms with E-state index in [2.05, 4.69) is 21.2 Å². The van der Waals surface area contributed by atoms with Crippen LogP contribution >= 0.6 is 63.0 Å². The molecule has 3 rings (SSSR count). The molecule has 0 bridgehead atoms. The largest absolute Gasteiger partial charge is 0.494 e. The molecular weight excluding hydrogens is 511 g/mol. The van der Waals surface area contributed by atoms with Crippen molar-refractivity contribution in [2.75, 3.05) is 12.0 Å². The fraction of sp³-hybridized carbons (Fsp3) is 0.0556. The van der Waals surface area contributed by atoms with Gasteiger partial charge in [0.2, 0.25) is 0 Å². The molecule has 0 spiro atoms. The minimum absolute atomic E-state index is 0.0924. The second-order valence-electron chi connectivity index (χ2n) is 5.55. The van der Waals surface area contributed by atoms with Crippen molar-refractivity contribution < 1.29 is 14.3 Å². The number of amides is 2. The third-order valence-corrected chi connectivity index (χ3v) is 5.77. The number of hydrogen-bond acceptors (Lipinski definition) is 4. The minimum Gasteiger partial charge on any atom is -0.494 e. The fourth-order valence-corrected chi connectivity index (χ4v) is 4.28. The lowest BCUT2D eigenvalue weighted by Gasteiger charge is -2.29. The van der Waals surface area contributed by atoms with Crippen LogP contribution in [0.4, 0.5) is 5.69 Å². The summed E-state index contributed by atoms with van der Waals surface area (Å²) in [5.41, 5.74) is 0.642. The van der Waals surface area contributed by atoms with Gasteiger partial charge in [0.05, 0.1) is 32.3 Å². The molecule has 144 valence electrons. The molecule has 1 saturated heterocycles. The number of nitrogens with one attached hydrogen (secondary N) is 1. The summed E-state index contributed by atoms with van der Waals surface area (Å²) in [5.74, 6) is -0.829. The highest BCUT2D eigenvalue weighted by Crippen LogP contribution is 2.36. The first-order valence-corrected chi connectivity index (χ1v) is 9.96. The van der Waals surface area contributed by atoms with Crippen LogP contribution in [0.5, 0.6) is 5.75 Å². The number of carbonyl (C=O) groups is 2. The molecule has 5 nitrogen and oxygen atoms in total. The van der Waals surface area contributed by atoms with Gasteiger partial charge in [0.15, 0.2) is 10.9 Å². The second-order valence-corrected chi connectivity index (χ2v) is 7.98. The van der Waals surface area contributed by atoms with E-state index in [-0.39, 0.29) is 26.4 Å². The van der Waals surface area contributed by atoms with Crippen LogP contribution in [-0.4, -0.2) is 24.0 Å². The summed E-state index contributed by atoms with van der Waals surface area (Å²) in [6, 6.07) is 8.02. The van der Waals surface area contributed by atoms with Gasteiger partial charge in [-0.15, -0.1) is 0 Å². The lowest BCUT2D eigenvalue weighted by atomic mass is 10.1. The van der Waals surface area contributed by atoms with Gasteiger partial charge in [-0.2, -0.15) is 0 Å². The number of anilines is 1. The summed E-state index contributed by atoms with van der Waals surface area (Å²) in [5, 5.41) is 3.11. The van der Waals surface area contributed by atoms with E-state index in [4.69, 9.17) is 51.8 Å². The Morgan fingerprint density at radius 2 is 1.89 bits per heavy atom. The normalized spacial score (nSPS) is 15.8. The fourth-order valence-electron chi connectivity index (χ4n) is 2.57. The Morgan fingerprint density at radius 3 is 2.54 bits per heavy atom. The van der Waals surface area contributed by atoms with E-state index in [1.807, 2.05) is 0 Å². The molecule has 0 unspecified atom stereocenters. The van der Waals surface area contributed by atoms with Gasteiger partial charge in [-0.25, -0.2) is 0 Å². The minimum atomic E-state index is -0.638. The summed E-state index contributed by atoms with van der Waals surface area (Å²) in [4.78, 5) is 26.6. The van der Waals surface area contributed by atoms with Gasteiger partial charge in [-0.1, -0.05) is 40.9 Å². The molecule has 1 aliphatic rings. The number of ether oxygens (including phenoxy) is 1. The van der Waals surface area contributed by atoms with Gasteiger partial charge in [-0.3, -0.25) is 19.8 Å². The van der Waals surface area contributed by atoms with Gasteiger partial charge < -0.3 is 4.74 Å². The van der Waals surface area contributed by atoms with Crippen molar-refractivity contribution in [2.45, 2.75) is 0 Å². The van der Waals surface area contributed by atoms with Gasteiger partial charge in [0.25, 0.3) is 11.8 Å². The third kappa shape index (κ3) is 3.90. The van der Waals surface area contributed by atoms with Crippen molar-refractivity contribution in [1.82, 2.24) is 5.32 Å². The van der Waals surface area contributed by atoms with E-state index < -0.39 is 11.8 Å². The third-order valence-electron chi connectivity index (χ3n) is 3.81. The predicted molar refractivity (Wildman–Crippen MR) is 118 cm³/mol. The van der Waals surface area contributed by atoms with Crippen molar-refractivity contribution >= 4 is 91.6 Å². The van der Waals surface area contributed by atoms with Crippen LogP contribution in [0.2, 0.25) is 15.1 Å². The van der Waals surface area contributed by atoms with E-state index in [1.165, 1.54) is 13.2 Å². The first kappa shape index (κ1) is 21.1. The predicted octanol–water partition coefficient (Wildman–Crippen LogP) is 5.25. The lowest BCUT2D eigenvalue weighted by Crippen LogP contribution is -2.54. The number of carbonyl (C=O) groups excluding carboxylic acids is 2. The zero-order valence-electron chi connectivity index (χ0n) is 14.1. The standard InChI is InChI=1S/C18H10BrCl3N2O3S/c1-27-15-10(19)6-8(7-12(15)21)5-9-16(25)23-18(28)24(17(9)26)13-4-2-3-11(20)14(13)22/h2-7H,1H3,(H,23,25,28)/b9-5+. The summed E-state index contributed by atoms with van der Waals surface area (Å²) < 4.78 is 5.75. The summed E-state index contributed by atoms with van der Waals surface area (Å²) >= 11 is 26.9. The van der Waals surface area contributed by atoms with Crippen molar-refractivity contribution in [3.63, 3.8) is 0 Å². The topological polar surface area (TPSA) is 58.6 Å². The molecule has 0 aromatic heterocycles. The maximum Gasteiger partial charge on any atom is 0.270 e. The van der Waals surface area contributed by atoms with Crippen molar-refractivity contribution in [3.05, 3.63) is 61.0 Å². The summed E-state index contributed by atoms with van der Waals surface area (Å²) in [6.07, 6.45) is 1.40. The molecular formula is C18H10BrCl3N2O3S. The molecule has 1 aliphatic heterocycles. The Kier molecular flexibility index (Phi) is 6.31. The second kappa shape index (κ2) is 8.39. The Balaban J connectivity index is 2.08. The number of hydrogen-bond donors (Lipinski definition) is 1. The molecule has 28 heavy (non-hydrogen) atoms. The van der Waals surface area contributed by atoms with Crippen LogP contribution in [0.1, 0.15) is 5.56 Å². The zero-order chi connectivity index (χ0) is 20.6. The summed E-state index contributed by atoms with van der Waals surface area (Å²) in [7, 11) is 1.48. The van der Waals surface area contributed by atoms with E-state index in [9.17, 15) is 9.59 Å². The first-order chi connectivity index (χ1) is 13.2. The van der Waals surface area contributed by atoms with Crippen molar-refractivity contribution in [3.8, 4) is 5.75 Å². The molecule has 2 amide bonds. The molecule has 0 atom stereocenters. The monoisotopic (exact) mass is 518 g/mol. The van der Waals surface area contributed by atoms with Crippen LogP contribution in [0.3, 0.4) is 0 Å². The highest BCUT2D eigenvalue weighted by molar-refractivity contribution is 9.10. The van der Waals surface area contributed by atoms with Gasteiger partial charge in [0.1, 0.15) is 5.57 Å². The number of benzene rings is 2. The maximum absolute atomic E-state index is 13.0. The van der Waals surface area contributed by atoms with E-state index in [1.54, 1.807) is 30.3 Å². The molecule has 1 fully saturated rings. The molecule has 10 heteroatoms. The number of rotatable bonds is 3. The van der Waals surface area contributed by atoms with Gasteiger partial charge >= 0.3 is 0 Å². The van der Waals surface area contributed by atoms with E-state index >= 15 is 0 Å². The van der Waals surface area contributed by atoms with Crippen LogP contribution in [0.25, 0.3) is 6.08 Å². The molecule has 0 aliphatic carbocycles. The molecule has 1 heterocycles. The first-order valence-electron chi connectivity index (χ1n) is 7.63. The van der Waals surface area contributed by atoms with Crippen molar-refractivity contribution in [2.24, 2.45) is 0 Å². The highest BCUT2D eigenvalue weighted by Gasteiger charge is 2.35. The highest BCUT2D eigenvalue weighted by atomic mass is 79.9. The van der Waals surface area contributed by atoms with E-state index in [0.717, 1.165) is 4.90 Å². The number of thiocarbonyl (C=S) groups is 1. The van der Waals surface area contributed by atoms with Crippen LogP contribution in [0.15, 0.2) is 40.4 Å². The van der Waals surface area contributed by atoms with Crippen LogP contribution < -0.4 is 15.0 Å². The zero-order valence-corrected chi connectivity index (χ0v) is 18.7. The lowest BCUT2D eigenvalue weighted by molar-refractivity contribution is -0.122. The Morgan fingerprint density at radius 1 is 1.18 bits per heavy atom. The van der Waals surface area contributed by atoms with Crippen LogP contribution in [0, 0.1) is 0 Å². The summed E-state index contributed by atoms with van der Waals surface area (Å²) in [6.45, 7) is 0. The SMILES string of the molecule is COc1c(Cl)cc(/C=C2\C(=O)NC(=S)N(c3cccc(Cl)c3Cl)C2=O)cc1Br. The molecule has 1 N–H and O–H groups in total. The quantitative estimate of drug-likeness (QED) is 0.341. The molecule has 0 saturated carbocycles. The Labute approximate surface area is 189 Å². The number of methoxy groups -OCH3 is 1.